The molecule has 0 amide bonds. The van der Waals surface area contributed by atoms with E-state index in [4.69, 9.17) is 21.2 Å². The molecule has 1 aliphatic carbocycles. The number of nitrogen functional groups attached to an aromatic ring is 1. The van der Waals surface area contributed by atoms with Crippen LogP contribution in [0.4, 0.5) is 5.82 Å². The second kappa shape index (κ2) is 6.89. The van der Waals surface area contributed by atoms with Gasteiger partial charge in [0, 0.05) is 24.9 Å². The third-order valence-corrected chi connectivity index (χ3v) is 4.02. The monoisotopic (exact) mass is 290 g/mol. The number of anilines is 1. The van der Waals surface area contributed by atoms with Crippen molar-refractivity contribution in [3.05, 3.63) is 22.9 Å². The van der Waals surface area contributed by atoms with E-state index in [2.05, 4.69) is 18.7 Å². The first-order chi connectivity index (χ1) is 10.0. The number of aliphatic hydroxyl groups is 1. The number of hydrogen-bond acceptors (Lipinski definition) is 4. The predicted octanol–water partition coefficient (Wildman–Crippen LogP) is 1.84. The largest absolute Gasteiger partial charge is 0.396 e. The van der Waals surface area contributed by atoms with Crippen LogP contribution in [-0.2, 0) is 12.8 Å². The maximum Gasteiger partial charge on any atom is 0.140 e. The van der Waals surface area contributed by atoms with Crippen LogP contribution < -0.4 is 10.6 Å². The molecule has 0 spiro atoms. The lowest BCUT2D eigenvalue weighted by atomic mass is 9.94. The van der Waals surface area contributed by atoms with Gasteiger partial charge in [0.05, 0.1) is 5.56 Å². The Labute approximate surface area is 126 Å². The quantitative estimate of drug-likeness (QED) is 0.551. The smallest absolute Gasteiger partial charge is 0.140 e. The summed E-state index contributed by atoms with van der Waals surface area (Å²) in [4.78, 5) is 6.97. The van der Waals surface area contributed by atoms with Crippen molar-refractivity contribution in [2.75, 3.05) is 18.1 Å². The van der Waals surface area contributed by atoms with Gasteiger partial charge < -0.3 is 15.7 Å². The fraction of sp³-hybridized carbons (Fsp3) is 0.625. The lowest BCUT2D eigenvalue weighted by Gasteiger charge is -2.31. The first-order valence-electron chi connectivity index (χ1n) is 7.79. The highest BCUT2D eigenvalue weighted by atomic mass is 16.3. The summed E-state index contributed by atoms with van der Waals surface area (Å²) in [5.41, 5.74) is 8.89. The molecular weight excluding hydrogens is 264 g/mol. The van der Waals surface area contributed by atoms with E-state index in [0.717, 1.165) is 36.5 Å². The van der Waals surface area contributed by atoms with Crippen LogP contribution in [-0.4, -0.2) is 35.1 Å². The molecule has 0 bridgehead atoms. The Morgan fingerprint density at radius 2 is 2.14 bits per heavy atom. The van der Waals surface area contributed by atoms with Crippen molar-refractivity contribution >= 4 is 11.7 Å². The minimum absolute atomic E-state index is 0.0699. The fourth-order valence-corrected chi connectivity index (χ4v) is 2.89. The molecule has 116 valence electrons. The molecule has 1 aliphatic rings. The average Bonchev–Trinajstić information content (AvgIpc) is 2.46. The molecule has 1 aromatic rings. The molecule has 0 fully saturated rings. The van der Waals surface area contributed by atoms with Crippen LogP contribution in [0.1, 0.15) is 49.9 Å². The minimum atomic E-state index is 0.0699. The van der Waals surface area contributed by atoms with Gasteiger partial charge in [-0.2, -0.15) is 0 Å². The van der Waals surface area contributed by atoms with Crippen LogP contribution in [0, 0.1) is 5.41 Å². The molecule has 5 nitrogen and oxygen atoms in total. The van der Waals surface area contributed by atoms with Gasteiger partial charge in [-0.15, -0.1) is 0 Å². The van der Waals surface area contributed by atoms with Gasteiger partial charge in [-0.1, -0.05) is 0 Å². The van der Waals surface area contributed by atoms with Gasteiger partial charge in [-0.3, -0.25) is 5.41 Å². The van der Waals surface area contributed by atoms with E-state index in [1.54, 1.807) is 0 Å². The van der Waals surface area contributed by atoms with Gasteiger partial charge in [-0.25, -0.2) is 4.98 Å². The van der Waals surface area contributed by atoms with E-state index in [1.165, 1.54) is 18.4 Å². The van der Waals surface area contributed by atoms with Crippen LogP contribution in [0.25, 0.3) is 0 Å². The Bertz CT molecular complexity index is 513. The molecule has 4 N–H and O–H groups in total. The molecule has 0 saturated carbocycles. The molecule has 1 aromatic heterocycles. The highest BCUT2D eigenvalue weighted by molar-refractivity contribution is 6.00. The second-order valence-electron chi connectivity index (χ2n) is 5.95. The maximum absolute atomic E-state index is 9.10. The second-order valence-corrected chi connectivity index (χ2v) is 5.95. The Kier molecular flexibility index (Phi) is 5.17. The zero-order valence-electron chi connectivity index (χ0n) is 13.0. The van der Waals surface area contributed by atoms with Gasteiger partial charge in [0.25, 0.3) is 0 Å². The maximum atomic E-state index is 9.10. The van der Waals surface area contributed by atoms with Gasteiger partial charge >= 0.3 is 0 Å². The number of hydrogen-bond donors (Lipinski definition) is 3. The van der Waals surface area contributed by atoms with Gasteiger partial charge in [-0.05, 0) is 57.6 Å². The zero-order chi connectivity index (χ0) is 15.4. The van der Waals surface area contributed by atoms with E-state index in [1.807, 2.05) is 6.07 Å². The van der Waals surface area contributed by atoms with Gasteiger partial charge in [0.1, 0.15) is 11.7 Å². The number of fused-ring (bicyclic) bond motifs is 1. The first-order valence-corrected chi connectivity index (χ1v) is 7.79. The van der Waals surface area contributed by atoms with Crippen molar-refractivity contribution in [1.29, 1.82) is 5.41 Å². The number of rotatable bonds is 6. The third-order valence-electron chi connectivity index (χ3n) is 4.02. The van der Waals surface area contributed by atoms with Crippen LogP contribution >= 0.6 is 0 Å². The van der Waals surface area contributed by atoms with E-state index in [-0.39, 0.29) is 18.5 Å². The standard InChI is InChI=1S/C16H26N4O/c1-11(2)20(8-5-9-21)16-13(15(17)18)10-12-6-3-4-7-14(12)19-16/h10-11,21H,3-9H2,1-2H3,(H3,17,18). The highest BCUT2D eigenvalue weighted by Gasteiger charge is 2.21. The highest BCUT2D eigenvalue weighted by Crippen LogP contribution is 2.27. The summed E-state index contributed by atoms with van der Waals surface area (Å²) in [5, 5.41) is 17.0. The van der Waals surface area contributed by atoms with E-state index in [9.17, 15) is 0 Å². The molecule has 0 saturated heterocycles. The van der Waals surface area contributed by atoms with E-state index < -0.39 is 0 Å². The molecule has 0 aliphatic heterocycles. The number of amidine groups is 1. The molecule has 21 heavy (non-hydrogen) atoms. The number of nitrogens with one attached hydrogen (secondary N) is 1. The fourth-order valence-electron chi connectivity index (χ4n) is 2.89. The Hall–Kier alpha value is -1.62. The molecule has 1 heterocycles. The first kappa shape index (κ1) is 15.8. The summed E-state index contributed by atoms with van der Waals surface area (Å²) < 4.78 is 0. The van der Waals surface area contributed by atoms with Crippen molar-refractivity contribution in [1.82, 2.24) is 4.98 Å². The molecule has 5 heteroatoms. The molecular formula is C16H26N4O. The van der Waals surface area contributed by atoms with Gasteiger partial charge in [0.2, 0.25) is 0 Å². The molecule has 0 unspecified atom stereocenters. The Morgan fingerprint density at radius 3 is 2.76 bits per heavy atom. The third kappa shape index (κ3) is 3.53. The topological polar surface area (TPSA) is 86.2 Å². The van der Waals surface area contributed by atoms with Gasteiger partial charge in [0.15, 0.2) is 0 Å². The number of pyridine rings is 1. The molecule has 0 atom stereocenters. The average molecular weight is 290 g/mol. The van der Waals surface area contributed by atoms with Crippen molar-refractivity contribution < 1.29 is 5.11 Å². The zero-order valence-corrected chi connectivity index (χ0v) is 13.0. The number of aliphatic hydroxyl groups excluding tert-OH is 1. The van der Waals surface area contributed by atoms with Crippen LogP contribution in [0.3, 0.4) is 0 Å². The number of aryl methyl sites for hydroxylation is 2. The van der Waals surface area contributed by atoms with Crippen LogP contribution in [0.5, 0.6) is 0 Å². The summed E-state index contributed by atoms with van der Waals surface area (Å²) in [5.74, 6) is 0.868. The Morgan fingerprint density at radius 1 is 1.43 bits per heavy atom. The number of aromatic nitrogens is 1. The van der Waals surface area contributed by atoms with E-state index >= 15 is 0 Å². The van der Waals surface area contributed by atoms with Crippen molar-refractivity contribution in [2.24, 2.45) is 5.73 Å². The van der Waals surface area contributed by atoms with Crippen molar-refractivity contribution in [2.45, 2.75) is 52.0 Å². The summed E-state index contributed by atoms with van der Waals surface area (Å²) in [6.07, 6.45) is 5.09. The normalized spacial score (nSPS) is 14.1. The minimum Gasteiger partial charge on any atom is -0.396 e. The molecule has 0 radical (unpaired) electrons. The predicted molar refractivity (Wildman–Crippen MR) is 86.1 cm³/mol. The number of nitrogens with two attached hydrogens (primary N) is 1. The number of nitrogens with zero attached hydrogens (tertiary/aromatic N) is 2. The summed E-state index contributed by atoms with van der Waals surface area (Å²) in [6.45, 7) is 5.08. The summed E-state index contributed by atoms with van der Waals surface area (Å²) in [7, 11) is 0. The van der Waals surface area contributed by atoms with Crippen molar-refractivity contribution in [3.63, 3.8) is 0 Å². The summed E-state index contributed by atoms with van der Waals surface area (Å²) in [6, 6.07) is 2.30. The molecule has 0 aromatic carbocycles. The SMILES string of the molecule is CC(C)N(CCCO)c1nc2c(cc1C(=N)N)CCCC2. The summed E-state index contributed by atoms with van der Waals surface area (Å²) >= 11 is 0. The van der Waals surface area contributed by atoms with Crippen LogP contribution in [0.2, 0.25) is 0 Å². The lowest BCUT2D eigenvalue weighted by Crippen LogP contribution is -2.35. The molecule has 2 rings (SSSR count). The lowest BCUT2D eigenvalue weighted by molar-refractivity contribution is 0.288. The van der Waals surface area contributed by atoms with Crippen molar-refractivity contribution in [3.8, 4) is 0 Å². The van der Waals surface area contributed by atoms with E-state index in [0.29, 0.717) is 6.42 Å². The van der Waals surface area contributed by atoms with Crippen LogP contribution in [0.15, 0.2) is 6.07 Å². The Balaban J connectivity index is 2.45.